The van der Waals surface area contributed by atoms with Crippen LogP contribution in [0, 0.1) is 11.3 Å². The van der Waals surface area contributed by atoms with Crippen molar-refractivity contribution in [2.45, 2.75) is 11.4 Å². The number of rotatable bonds is 4. The molecule has 0 bridgehead atoms. The highest BCUT2D eigenvalue weighted by molar-refractivity contribution is 7.89. The molecule has 0 atom stereocenters. The van der Waals surface area contributed by atoms with Crippen LogP contribution < -0.4 is 10.1 Å². The van der Waals surface area contributed by atoms with Crippen LogP contribution in [0.4, 0.5) is 5.69 Å². The highest BCUT2D eigenvalue weighted by atomic mass is 35.5. The number of sulfonamides is 1. The zero-order valence-corrected chi connectivity index (χ0v) is 15.3. The van der Waals surface area contributed by atoms with Crippen molar-refractivity contribution in [2.24, 2.45) is 0 Å². The number of hydrogen-bond acceptors (Lipinski definition) is 5. The van der Waals surface area contributed by atoms with Crippen molar-refractivity contribution >= 4 is 33.2 Å². The summed E-state index contributed by atoms with van der Waals surface area (Å²) in [7, 11) is -2.45. The Labute approximate surface area is 155 Å². The second-order valence-electron chi connectivity index (χ2n) is 5.69. The molecule has 1 heterocycles. The Morgan fingerprint density at radius 3 is 2.65 bits per heavy atom. The maximum Gasteiger partial charge on any atom is 0.262 e. The lowest BCUT2D eigenvalue weighted by Crippen LogP contribution is -2.28. The van der Waals surface area contributed by atoms with E-state index in [4.69, 9.17) is 21.6 Å². The van der Waals surface area contributed by atoms with E-state index in [0.29, 0.717) is 11.3 Å². The second-order valence-corrected chi connectivity index (χ2v) is 8.11. The standard InChI is InChI=1S/C17H14ClN3O4S/c1-21(9-12-4-2-11(8-19)3-5-12)26(23,24)16-7-15-14(6-13(16)18)20-17(22)10-25-15/h2-7H,9-10H2,1H3,(H,20,22). The molecule has 2 aromatic carbocycles. The molecule has 7 nitrogen and oxygen atoms in total. The molecule has 0 saturated carbocycles. The Balaban J connectivity index is 1.89. The topological polar surface area (TPSA) is 99.5 Å². The SMILES string of the molecule is CN(Cc1ccc(C#N)cc1)S(=O)(=O)c1cc2c(cc1Cl)NC(=O)CO2. The molecule has 3 rings (SSSR count). The van der Waals surface area contributed by atoms with Crippen LogP contribution in [0.25, 0.3) is 0 Å². The van der Waals surface area contributed by atoms with E-state index in [1.54, 1.807) is 24.3 Å². The zero-order valence-electron chi connectivity index (χ0n) is 13.7. The Morgan fingerprint density at radius 2 is 2.00 bits per heavy atom. The zero-order chi connectivity index (χ0) is 18.9. The predicted octanol–water partition coefficient (Wildman–Crippen LogP) is 2.36. The summed E-state index contributed by atoms with van der Waals surface area (Å²) >= 11 is 6.13. The number of fused-ring (bicyclic) bond motifs is 1. The third-order valence-electron chi connectivity index (χ3n) is 3.84. The number of hydrogen-bond donors (Lipinski definition) is 1. The lowest BCUT2D eigenvalue weighted by Gasteiger charge is -2.22. The third kappa shape index (κ3) is 3.51. The van der Waals surface area contributed by atoms with Gasteiger partial charge in [0.05, 0.1) is 22.3 Å². The first-order chi connectivity index (χ1) is 12.3. The van der Waals surface area contributed by atoms with E-state index in [9.17, 15) is 13.2 Å². The quantitative estimate of drug-likeness (QED) is 0.862. The van der Waals surface area contributed by atoms with Gasteiger partial charge in [-0.05, 0) is 23.8 Å². The van der Waals surface area contributed by atoms with E-state index in [1.807, 2.05) is 6.07 Å². The van der Waals surface area contributed by atoms with Gasteiger partial charge in [0, 0.05) is 19.7 Å². The summed E-state index contributed by atoms with van der Waals surface area (Å²) in [5.41, 5.74) is 1.56. The van der Waals surface area contributed by atoms with Crippen LogP contribution in [0.1, 0.15) is 11.1 Å². The number of anilines is 1. The first-order valence-corrected chi connectivity index (χ1v) is 9.34. The van der Waals surface area contributed by atoms with Gasteiger partial charge in [-0.1, -0.05) is 23.7 Å². The van der Waals surface area contributed by atoms with Crippen LogP contribution in [0.15, 0.2) is 41.3 Å². The lowest BCUT2D eigenvalue weighted by atomic mass is 10.1. The molecule has 0 radical (unpaired) electrons. The van der Waals surface area contributed by atoms with Crippen molar-refractivity contribution in [3.05, 3.63) is 52.5 Å². The Morgan fingerprint density at radius 1 is 1.31 bits per heavy atom. The molecule has 1 aliphatic rings. The first kappa shape index (κ1) is 18.2. The molecule has 9 heteroatoms. The van der Waals surface area contributed by atoms with Crippen molar-refractivity contribution in [1.29, 1.82) is 5.26 Å². The molecular weight excluding hydrogens is 378 g/mol. The molecule has 0 fully saturated rings. The van der Waals surface area contributed by atoms with Crippen LogP contribution in [-0.2, 0) is 21.4 Å². The predicted molar refractivity (Wildman–Crippen MR) is 95.4 cm³/mol. The van der Waals surface area contributed by atoms with Gasteiger partial charge in [-0.15, -0.1) is 0 Å². The lowest BCUT2D eigenvalue weighted by molar-refractivity contribution is -0.118. The van der Waals surface area contributed by atoms with Gasteiger partial charge in [0.1, 0.15) is 10.6 Å². The molecule has 1 aliphatic heterocycles. The molecule has 0 saturated heterocycles. The van der Waals surface area contributed by atoms with Crippen LogP contribution >= 0.6 is 11.6 Å². The fourth-order valence-electron chi connectivity index (χ4n) is 2.47. The molecule has 134 valence electrons. The van der Waals surface area contributed by atoms with Crippen LogP contribution in [0.2, 0.25) is 5.02 Å². The van der Waals surface area contributed by atoms with Gasteiger partial charge >= 0.3 is 0 Å². The summed E-state index contributed by atoms with van der Waals surface area (Å²) in [6, 6.07) is 11.3. The van der Waals surface area contributed by atoms with Crippen molar-refractivity contribution in [2.75, 3.05) is 19.0 Å². The van der Waals surface area contributed by atoms with E-state index in [2.05, 4.69) is 5.32 Å². The van der Waals surface area contributed by atoms with Crippen molar-refractivity contribution in [3.8, 4) is 11.8 Å². The molecule has 0 aromatic heterocycles. The largest absolute Gasteiger partial charge is 0.482 e. The normalized spacial score (nSPS) is 13.5. The molecule has 0 aliphatic carbocycles. The van der Waals surface area contributed by atoms with Crippen LogP contribution in [0.3, 0.4) is 0 Å². The maximum absolute atomic E-state index is 12.9. The van der Waals surface area contributed by atoms with Crippen molar-refractivity contribution < 1.29 is 17.9 Å². The average molecular weight is 392 g/mol. The Kier molecular flexibility index (Phi) is 4.87. The van der Waals surface area contributed by atoms with Gasteiger partial charge in [-0.3, -0.25) is 4.79 Å². The molecular formula is C17H14ClN3O4S. The summed E-state index contributed by atoms with van der Waals surface area (Å²) in [6.45, 7) is -0.0751. The maximum atomic E-state index is 12.9. The van der Waals surface area contributed by atoms with Crippen LogP contribution in [-0.4, -0.2) is 32.3 Å². The minimum Gasteiger partial charge on any atom is -0.482 e. The summed E-state index contributed by atoms with van der Waals surface area (Å²) in [6.07, 6.45) is 0. The Bertz CT molecular complexity index is 1010. The summed E-state index contributed by atoms with van der Waals surface area (Å²) in [5.74, 6) is -0.0820. The van der Waals surface area contributed by atoms with Gasteiger partial charge < -0.3 is 10.1 Å². The number of carbonyl (C=O) groups is 1. The van der Waals surface area contributed by atoms with E-state index in [-0.39, 0.29) is 34.7 Å². The summed E-state index contributed by atoms with van der Waals surface area (Å²) in [5, 5.41) is 11.4. The molecule has 1 N–H and O–H groups in total. The highest BCUT2D eigenvalue weighted by Crippen LogP contribution is 2.36. The Hall–Kier alpha value is -2.60. The number of nitrogens with one attached hydrogen (secondary N) is 1. The van der Waals surface area contributed by atoms with E-state index >= 15 is 0 Å². The van der Waals surface area contributed by atoms with E-state index in [1.165, 1.54) is 19.2 Å². The number of halogens is 1. The van der Waals surface area contributed by atoms with E-state index < -0.39 is 10.0 Å². The smallest absolute Gasteiger partial charge is 0.262 e. The van der Waals surface area contributed by atoms with Crippen molar-refractivity contribution in [3.63, 3.8) is 0 Å². The highest BCUT2D eigenvalue weighted by Gasteiger charge is 2.27. The van der Waals surface area contributed by atoms with Gasteiger partial charge in [0.25, 0.3) is 5.91 Å². The number of carbonyl (C=O) groups excluding carboxylic acids is 1. The van der Waals surface area contributed by atoms with E-state index in [0.717, 1.165) is 9.87 Å². The monoisotopic (exact) mass is 391 g/mol. The van der Waals surface area contributed by atoms with Gasteiger partial charge in [-0.2, -0.15) is 9.57 Å². The third-order valence-corrected chi connectivity index (χ3v) is 6.11. The van der Waals surface area contributed by atoms with Gasteiger partial charge in [0.2, 0.25) is 10.0 Å². The number of benzene rings is 2. The summed E-state index contributed by atoms with van der Waals surface area (Å²) in [4.78, 5) is 11.2. The molecule has 0 spiro atoms. The minimum atomic E-state index is -3.89. The molecule has 26 heavy (non-hydrogen) atoms. The van der Waals surface area contributed by atoms with Crippen molar-refractivity contribution in [1.82, 2.24) is 4.31 Å². The number of ether oxygens (including phenoxy) is 1. The fraction of sp³-hybridized carbons (Fsp3) is 0.176. The molecule has 0 unspecified atom stereocenters. The molecule has 1 amide bonds. The average Bonchev–Trinajstić information content (AvgIpc) is 2.61. The number of nitriles is 1. The fourth-order valence-corrected chi connectivity index (χ4v) is 4.15. The molecule has 2 aromatic rings. The number of amides is 1. The minimum absolute atomic E-state index is 0.0128. The summed E-state index contributed by atoms with van der Waals surface area (Å²) < 4.78 is 32.2. The van der Waals surface area contributed by atoms with Crippen LogP contribution in [0.5, 0.6) is 5.75 Å². The first-order valence-electron chi connectivity index (χ1n) is 7.53. The number of nitrogens with zero attached hydrogens (tertiary/aromatic N) is 2. The van der Waals surface area contributed by atoms with Gasteiger partial charge in [-0.25, -0.2) is 8.42 Å². The van der Waals surface area contributed by atoms with Gasteiger partial charge in [0.15, 0.2) is 6.61 Å². The second kappa shape index (κ2) is 6.96.